The van der Waals surface area contributed by atoms with E-state index in [1.54, 1.807) is 0 Å². The molecule has 0 aliphatic heterocycles. The Kier molecular flexibility index (Phi) is 3.43. The molecule has 1 fully saturated rings. The van der Waals surface area contributed by atoms with Crippen LogP contribution in [0, 0.1) is 6.57 Å². The van der Waals surface area contributed by atoms with Gasteiger partial charge in [-0.2, -0.15) is 4.98 Å². The quantitative estimate of drug-likeness (QED) is 0.310. The van der Waals surface area contributed by atoms with Crippen molar-refractivity contribution in [2.24, 2.45) is 0 Å². The molecule has 7 rings (SSSR count). The summed E-state index contributed by atoms with van der Waals surface area (Å²) >= 11 is 0. The van der Waals surface area contributed by atoms with Crippen molar-refractivity contribution in [3.63, 3.8) is 0 Å². The lowest BCUT2D eigenvalue weighted by Gasteiger charge is -2.38. The summed E-state index contributed by atoms with van der Waals surface area (Å²) in [7, 11) is 0. The number of hydrogen-bond donors (Lipinski definition) is 0. The lowest BCUT2D eigenvalue weighted by molar-refractivity contribution is 0.345. The molecule has 140 valence electrons. The fourth-order valence-electron chi connectivity index (χ4n) is 5.49. The van der Waals surface area contributed by atoms with Gasteiger partial charge in [-0.15, -0.1) is 0 Å². The number of aromatic nitrogens is 2. The molecule has 0 unspecified atom stereocenters. The van der Waals surface area contributed by atoms with Crippen molar-refractivity contribution in [2.75, 3.05) is 0 Å². The van der Waals surface area contributed by atoms with E-state index in [1.165, 1.54) is 0 Å². The van der Waals surface area contributed by atoms with Crippen molar-refractivity contribution < 1.29 is 0 Å². The summed E-state index contributed by atoms with van der Waals surface area (Å²) in [6.45, 7) is 8.01. The fourth-order valence-corrected chi connectivity index (χ4v) is 5.49. The van der Waals surface area contributed by atoms with Crippen LogP contribution in [0.2, 0.25) is 0 Å². The topological polar surface area (TPSA) is 38.7 Å². The molecule has 0 atom stereocenters. The van der Waals surface area contributed by atoms with Gasteiger partial charge in [0.05, 0.1) is 12.3 Å². The van der Waals surface area contributed by atoms with Crippen LogP contribution in [0.25, 0.3) is 32.5 Å². The Morgan fingerprint density at radius 1 is 0.897 bits per heavy atom. The molecule has 0 spiro atoms. The number of rotatable bonds is 1. The van der Waals surface area contributed by atoms with Gasteiger partial charge in [0.15, 0.2) is 0 Å². The van der Waals surface area contributed by atoms with E-state index in [0.29, 0.717) is 23.2 Å². The first-order chi connectivity index (χ1) is 14.3. The zero-order valence-electron chi connectivity index (χ0n) is 15.9. The van der Waals surface area contributed by atoms with Crippen molar-refractivity contribution in [1.29, 1.82) is 0 Å². The monoisotopic (exact) mass is 377 g/mol. The summed E-state index contributed by atoms with van der Waals surface area (Å²) in [6, 6.07) is 17.9. The first kappa shape index (κ1) is 16.5. The van der Waals surface area contributed by atoms with Gasteiger partial charge < -0.3 is 4.40 Å². The van der Waals surface area contributed by atoms with Crippen molar-refractivity contribution in [3.8, 4) is 11.3 Å². The second-order valence-electron chi connectivity index (χ2n) is 8.14. The zero-order chi connectivity index (χ0) is 19.5. The SMILES string of the molecule is [C-]#[N+]c1c(-c2ccccc2)n2c3c(c(=O)nc2c2ccccc12)C1CCC3CC1. The number of nitrogens with zero attached hydrogens (tertiary/aromatic N) is 3. The first-order valence-corrected chi connectivity index (χ1v) is 10.2. The summed E-state index contributed by atoms with van der Waals surface area (Å²) < 4.78 is 2.16. The standard InChI is InChI=1S/C25H19N3O/c1-26-21-18-9-5-6-10-19(18)24-27-25(29)20-15-11-13-17(14-12-15)22(20)28(24)23(21)16-7-3-2-4-8-16/h2-10,15,17H,11-14H2. The van der Waals surface area contributed by atoms with Gasteiger partial charge in [0.1, 0.15) is 5.65 Å². The zero-order valence-corrected chi connectivity index (χ0v) is 15.9. The van der Waals surface area contributed by atoms with Crippen molar-refractivity contribution in [3.05, 3.63) is 87.6 Å². The van der Waals surface area contributed by atoms with E-state index in [1.807, 2.05) is 54.6 Å². The van der Waals surface area contributed by atoms with Gasteiger partial charge in [-0.05, 0) is 42.6 Å². The Bertz CT molecular complexity index is 1390. The van der Waals surface area contributed by atoms with Gasteiger partial charge in [-0.25, -0.2) is 4.85 Å². The van der Waals surface area contributed by atoms with Gasteiger partial charge in [-0.1, -0.05) is 54.6 Å². The molecule has 2 aromatic carbocycles. The van der Waals surface area contributed by atoms with E-state index >= 15 is 0 Å². The highest BCUT2D eigenvalue weighted by molar-refractivity contribution is 6.07. The molecule has 0 radical (unpaired) electrons. The summed E-state index contributed by atoms with van der Waals surface area (Å²) in [5.41, 5.74) is 5.10. The van der Waals surface area contributed by atoms with E-state index in [4.69, 9.17) is 6.57 Å². The normalized spacial score (nSPS) is 20.0. The van der Waals surface area contributed by atoms with Crippen LogP contribution in [-0.4, -0.2) is 9.38 Å². The van der Waals surface area contributed by atoms with E-state index in [9.17, 15) is 4.79 Å². The smallest absolute Gasteiger partial charge is 0.276 e. The molecule has 4 aromatic rings. The van der Waals surface area contributed by atoms with Crippen molar-refractivity contribution >= 4 is 22.1 Å². The van der Waals surface area contributed by atoms with Crippen LogP contribution in [0.15, 0.2) is 59.4 Å². The Hall–Kier alpha value is -3.45. The second-order valence-corrected chi connectivity index (χ2v) is 8.14. The molecular formula is C25H19N3O. The predicted octanol–water partition coefficient (Wildman–Crippen LogP) is 5.82. The maximum absolute atomic E-state index is 13.1. The second kappa shape index (κ2) is 6.02. The molecule has 0 N–H and O–H groups in total. The van der Waals surface area contributed by atoms with Crippen molar-refractivity contribution in [1.82, 2.24) is 9.38 Å². The minimum Gasteiger partial charge on any atom is -0.307 e. The molecule has 29 heavy (non-hydrogen) atoms. The highest BCUT2D eigenvalue weighted by atomic mass is 16.1. The molecule has 0 saturated heterocycles. The first-order valence-electron chi connectivity index (χ1n) is 10.2. The third-order valence-corrected chi connectivity index (χ3v) is 6.72. The minimum absolute atomic E-state index is 0.0749. The van der Waals surface area contributed by atoms with E-state index in [0.717, 1.165) is 59.0 Å². The number of benzene rings is 2. The molecule has 2 bridgehead atoms. The predicted molar refractivity (Wildman–Crippen MR) is 115 cm³/mol. The lowest BCUT2D eigenvalue weighted by Crippen LogP contribution is -2.33. The van der Waals surface area contributed by atoms with Crippen LogP contribution in [0.4, 0.5) is 5.69 Å². The summed E-state index contributed by atoms with van der Waals surface area (Å²) in [5, 5.41) is 1.73. The van der Waals surface area contributed by atoms with Gasteiger partial charge in [0.25, 0.3) is 5.56 Å². The van der Waals surface area contributed by atoms with Crippen LogP contribution >= 0.6 is 0 Å². The van der Waals surface area contributed by atoms with Gasteiger partial charge in [0.2, 0.25) is 5.69 Å². The van der Waals surface area contributed by atoms with Crippen LogP contribution in [-0.2, 0) is 0 Å². The van der Waals surface area contributed by atoms with Gasteiger partial charge >= 0.3 is 0 Å². The Labute approximate surface area is 168 Å². The van der Waals surface area contributed by atoms with Gasteiger partial charge in [-0.3, -0.25) is 4.79 Å². The van der Waals surface area contributed by atoms with Crippen LogP contribution < -0.4 is 5.56 Å². The van der Waals surface area contributed by atoms with E-state index in [2.05, 4.69) is 14.2 Å². The maximum atomic E-state index is 13.1. The molecule has 2 heterocycles. The Morgan fingerprint density at radius 3 is 2.28 bits per heavy atom. The number of hydrogen-bond acceptors (Lipinski definition) is 2. The molecule has 4 heteroatoms. The van der Waals surface area contributed by atoms with Crippen LogP contribution in [0.5, 0.6) is 0 Å². The highest BCUT2D eigenvalue weighted by Gasteiger charge is 2.38. The van der Waals surface area contributed by atoms with Crippen LogP contribution in [0.3, 0.4) is 0 Å². The average molecular weight is 377 g/mol. The Morgan fingerprint density at radius 2 is 1.55 bits per heavy atom. The molecule has 1 saturated carbocycles. The largest absolute Gasteiger partial charge is 0.307 e. The molecule has 4 nitrogen and oxygen atoms in total. The number of fused-ring (bicyclic) bond motifs is 5. The molecule has 0 amide bonds. The molecule has 2 aromatic heterocycles. The minimum atomic E-state index is -0.0749. The number of pyridine rings is 1. The molecular weight excluding hydrogens is 358 g/mol. The molecule has 3 aliphatic carbocycles. The highest BCUT2D eigenvalue weighted by Crippen LogP contribution is 2.50. The fraction of sp³-hybridized carbons (Fsp3) is 0.240. The van der Waals surface area contributed by atoms with E-state index < -0.39 is 0 Å². The van der Waals surface area contributed by atoms with Crippen LogP contribution in [0.1, 0.15) is 48.8 Å². The summed E-state index contributed by atoms with van der Waals surface area (Å²) in [4.78, 5) is 21.7. The Balaban J connectivity index is 1.92. The van der Waals surface area contributed by atoms with E-state index in [-0.39, 0.29) is 5.56 Å². The van der Waals surface area contributed by atoms with Gasteiger partial charge in [0, 0.05) is 22.6 Å². The maximum Gasteiger partial charge on any atom is 0.276 e. The summed E-state index contributed by atoms with van der Waals surface area (Å²) in [5.74, 6) is 0.666. The average Bonchev–Trinajstić information content (AvgIpc) is 2.79. The van der Waals surface area contributed by atoms with Crippen molar-refractivity contribution in [2.45, 2.75) is 37.5 Å². The third-order valence-electron chi connectivity index (χ3n) is 6.72. The lowest BCUT2D eigenvalue weighted by atomic mass is 9.69. The summed E-state index contributed by atoms with van der Waals surface area (Å²) in [6.07, 6.45) is 4.37. The third kappa shape index (κ3) is 2.19. The molecule has 3 aliphatic rings.